The van der Waals surface area contributed by atoms with Gasteiger partial charge in [0.25, 0.3) is 0 Å². The number of para-hydroxylation sites is 1. The minimum absolute atomic E-state index is 0.186. The van der Waals surface area contributed by atoms with Crippen LogP contribution in [0.5, 0.6) is 11.5 Å². The highest BCUT2D eigenvalue weighted by atomic mass is 19.1. The average Bonchev–Trinajstić information content (AvgIpc) is 2.54. The van der Waals surface area contributed by atoms with E-state index < -0.39 is 0 Å². The number of methoxy groups -OCH3 is 1. The molecule has 1 unspecified atom stereocenters. The topological polar surface area (TPSA) is 30.5 Å². The molecule has 1 heterocycles. The molecule has 0 saturated carbocycles. The van der Waals surface area contributed by atoms with Gasteiger partial charge >= 0.3 is 0 Å². The number of halogens is 1. The quantitative estimate of drug-likeness (QED) is 0.938. The molecule has 21 heavy (non-hydrogen) atoms. The van der Waals surface area contributed by atoms with Crippen molar-refractivity contribution in [2.75, 3.05) is 13.7 Å². The summed E-state index contributed by atoms with van der Waals surface area (Å²) in [6, 6.07) is 13.0. The van der Waals surface area contributed by atoms with Crippen molar-refractivity contribution in [3.8, 4) is 11.5 Å². The van der Waals surface area contributed by atoms with E-state index in [-0.39, 0.29) is 11.9 Å². The molecule has 0 amide bonds. The summed E-state index contributed by atoms with van der Waals surface area (Å²) >= 11 is 0. The second-order valence-electron chi connectivity index (χ2n) is 5.16. The molecule has 2 aromatic rings. The van der Waals surface area contributed by atoms with Gasteiger partial charge < -0.3 is 14.8 Å². The van der Waals surface area contributed by atoms with E-state index >= 15 is 0 Å². The Hall–Kier alpha value is -2.07. The summed E-state index contributed by atoms with van der Waals surface area (Å²) in [5, 5.41) is 3.35. The molecule has 0 aliphatic carbocycles. The van der Waals surface area contributed by atoms with Crippen LogP contribution >= 0.6 is 0 Å². The third-order valence-corrected chi connectivity index (χ3v) is 3.71. The highest BCUT2D eigenvalue weighted by molar-refractivity contribution is 5.35. The van der Waals surface area contributed by atoms with Gasteiger partial charge in [-0.2, -0.15) is 0 Å². The van der Waals surface area contributed by atoms with Crippen LogP contribution in [0.25, 0.3) is 0 Å². The fourth-order valence-corrected chi connectivity index (χ4v) is 2.53. The number of benzene rings is 2. The Morgan fingerprint density at radius 3 is 3.00 bits per heavy atom. The Labute approximate surface area is 123 Å². The molecule has 1 atom stereocenters. The van der Waals surface area contributed by atoms with Crippen molar-refractivity contribution >= 4 is 0 Å². The van der Waals surface area contributed by atoms with Crippen LogP contribution in [0.15, 0.2) is 42.5 Å². The van der Waals surface area contributed by atoms with Crippen LogP contribution in [-0.2, 0) is 13.0 Å². The predicted molar refractivity (Wildman–Crippen MR) is 79.2 cm³/mol. The van der Waals surface area contributed by atoms with Gasteiger partial charge in [0.15, 0.2) is 0 Å². The minimum Gasteiger partial charge on any atom is -0.497 e. The molecule has 1 aliphatic rings. The lowest BCUT2D eigenvalue weighted by Gasteiger charge is -2.26. The zero-order chi connectivity index (χ0) is 14.7. The molecule has 0 bridgehead atoms. The van der Waals surface area contributed by atoms with Gasteiger partial charge in [0.2, 0.25) is 0 Å². The van der Waals surface area contributed by atoms with E-state index in [1.807, 2.05) is 18.2 Å². The highest BCUT2D eigenvalue weighted by Crippen LogP contribution is 2.24. The highest BCUT2D eigenvalue weighted by Gasteiger charge is 2.19. The summed E-state index contributed by atoms with van der Waals surface area (Å²) in [4.78, 5) is 0. The van der Waals surface area contributed by atoms with Gasteiger partial charge in [-0.25, -0.2) is 4.39 Å². The van der Waals surface area contributed by atoms with Crippen molar-refractivity contribution in [1.82, 2.24) is 5.32 Å². The molecular weight excluding hydrogens is 269 g/mol. The van der Waals surface area contributed by atoms with E-state index in [2.05, 4.69) is 11.4 Å². The van der Waals surface area contributed by atoms with Crippen molar-refractivity contribution in [3.05, 3.63) is 59.4 Å². The van der Waals surface area contributed by atoms with Gasteiger partial charge in [-0.3, -0.25) is 0 Å². The maximum atomic E-state index is 13.8. The smallest absolute Gasteiger partial charge is 0.127 e. The van der Waals surface area contributed by atoms with Crippen LogP contribution in [0.2, 0.25) is 0 Å². The predicted octanol–water partition coefficient (Wildman–Crippen LogP) is 2.93. The molecule has 0 fully saturated rings. The van der Waals surface area contributed by atoms with Crippen LogP contribution in [0, 0.1) is 5.82 Å². The zero-order valence-electron chi connectivity index (χ0n) is 11.9. The van der Waals surface area contributed by atoms with Crippen LogP contribution in [0.1, 0.15) is 11.1 Å². The number of ether oxygens (including phenoxy) is 2. The standard InChI is InChI=1S/C17H18FNO2/c1-20-15-6-7-16(18)13(9-15)10-19-14-8-12-4-2-3-5-17(12)21-11-14/h2-7,9,14,19H,8,10-11H2,1H3. The molecule has 3 nitrogen and oxygen atoms in total. The number of nitrogens with one attached hydrogen (secondary N) is 1. The molecule has 0 spiro atoms. The van der Waals surface area contributed by atoms with Crippen LogP contribution in [-0.4, -0.2) is 19.8 Å². The van der Waals surface area contributed by atoms with Gasteiger partial charge in [0, 0.05) is 18.2 Å². The molecule has 0 radical (unpaired) electrons. The Morgan fingerprint density at radius 1 is 1.29 bits per heavy atom. The summed E-state index contributed by atoms with van der Waals surface area (Å²) in [6.07, 6.45) is 0.891. The number of hydrogen-bond donors (Lipinski definition) is 1. The zero-order valence-corrected chi connectivity index (χ0v) is 11.9. The largest absolute Gasteiger partial charge is 0.497 e. The SMILES string of the molecule is COc1ccc(F)c(CNC2COc3ccccc3C2)c1. The Balaban J connectivity index is 1.64. The third-order valence-electron chi connectivity index (χ3n) is 3.71. The van der Waals surface area contributed by atoms with E-state index in [1.54, 1.807) is 19.2 Å². The normalized spacial score (nSPS) is 17.0. The molecule has 110 valence electrons. The summed E-state index contributed by atoms with van der Waals surface area (Å²) < 4.78 is 24.6. The van der Waals surface area contributed by atoms with Crippen LogP contribution < -0.4 is 14.8 Å². The maximum Gasteiger partial charge on any atom is 0.127 e. The van der Waals surface area contributed by atoms with Crippen molar-refractivity contribution in [3.63, 3.8) is 0 Å². The monoisotopic (exact) mass is 287 g/mol. The summed E-state index contributed by atoms with van der Waals surface area (Å²) in [5.74, 6) is 1.39. The van der Waals surface area contributed by atoms with Crippen LogP contribution in [0.4, 0.5) is 4.39 Å². The van der Waals surface area contributed by atoms with Gasteiger partial charge in [-0.15, -0.1) is 0 Å². The van der Waals surface area contributed by atoms with Gasteiger partial charge in [-0.1, -0.05) is 18.2 Å². The number of fused-ring (bicyclic) bond motifs is 1. The third kappa shape index (κ3) is 3.16. The average molecular weight is 287 g/mol. The Morgan fingerprint density at radius 2 is 2.14 bits per heavy atom. The van der Waals surface area contributed by atoms with Crippen molar-refractivity contribution in [2.45, 2.75) is 19.0 Å². The first kappa shape index (κ1) is 13.9. The second-order valence-corrected chi connectivity index (χ2v) is 5.16. The summed E-state index contributed by atoms with van der Waals surface area (Å²) in [5.41, 5.74) is 1.79. The Kier molecular flexibility index (Phi) is 4.06. The van der Waals surface area contributed by atoms with E-state index in [1.165, 1.54) is 11.6 Å². The van der Waals surface area contributed by atoms with Crippen molar-refractivity contribution in [1.29, 1.82) is 0 Å². The van der Waals surface area contributed by atoms with Gasteiger partial charge in [-0.05, 0) is 36.2 Å². The Bertz CT molecular complexity index is 630. The van der Waals surface area contributed by atoms with Gasteiger partial charge in [0.05, 0.1) is 7.11 Å². The summed E-state index contributed by atoms with van der Waals surface area (Å²) in [6.45, 7) is 1.06. The lowest BCUT2D eigenvalue weighted by molar-refractivity contribution is 0.237. The minimum atomic E-state index is -0.222. The molecule has 4 heteroatoms. The van der Waals surface area contributed by atoms with Crippen molar-refractivity contribution < 1.29 is 13.9 Å². The maximum absolute atomic E-state index is 13.8. The summed E-state index contributed by atoms with van der Waals surface area (Å²) in [7, 11) is 1.58. The van der Waals surface area contributed by atoms with E-state index in [0.29, 0.717) is 24.5 Å². The first-order chi connectivity index (χ1) is 10.3. The lowest BCUT2D eigenvalue weighted by atomic mass is 10.0. The molecular formula is C17H18FNO2. The number of hydrogen-bond acceptors (Lipinski definition) is 3. The second kappa shape index (κ2) is 6.14. The fourth-order valence-electron chi connectivity index (χ4n) is 2.53. The fraction of sp³-hybridized carbons (Fsp3) is 0.294. The van der Waals surface area contributed by atoms with Crippen molar-refractivity contribution in [2.24, 2.45) is 0 Å². The number of rotatable bonds is 4. The van der Waals surface area contributed by atoms with Gasteiger partial charge in [0.1, 0.15) is 23.9 Å². The van der Waals surface area contributed by atoms with E-state index in [9.17, 15) is 4.39 Å². The van der Waals surface area contributed by atoms with Crippen LogP contribution in [0.3, 0.4) is 0 Å². The molecule has 2 aromatic carbocycles. The molecule has 1 aliphatic heterocycles. The van der Waals surface area contributed by atoms with E-state index in [4.69, 9.17) is 9.47 Å². The molecule has 3 rings (SSSR count). The first-order valence-electron chi connectivity index (χ1n) is 7.03. The van der Waals surface area contributed by atoms with E-state index in [0.717, 1.165) is 12.2 Å². The lowest BCUT2D eigenvalue weighted by Crippen LogP contribution is -2.39. The molecule has 0 aromatic heterocycles. The first-order valence-corrected chi connectivity index (χ1v) is 7.03. The molecule has 0 saturated heterocycles. The molecule has 1 N–H and O–H groups in total.